The Morgan fingerprint density at radius 2 is 1.66 bits per heavy atom. The van der Waals surface area contributed by atoms with Crippen molar-refractivity contribution in [1.82, 2.24) is 5.32 Å². The standard InChI is InChI=1S/C23H29NO5/c1-17(2)20-5-3-4-6-21(20)29-16-15-28-19-9-7-18(8-10-19)13-14-24-22(25)11-12-23(26)27/h3-10,17H,11-16H2,1-2H3,(H,24,25)(H,26,27). The van der Waals surface area contributed by atoms with Crippen molar-refractivity contribution >= 4 is 11.9 Å². The Bertz CT molecular complexity index is 786. The number of para-hydroxylation sites is 1. The van der Waals surface area contributed by atoms with Crippen LogP contribution in [-0.2, 0) is 16.0 Å². The van der Waals surface area contributed by atoms with Gasteiger partial charge in [-0.15, -0.1) is 0 Å². The fourth-order valence-electron chi connectivity index (χ4n) is 2.81. The zero-order chi connectivity index (χ0) is 21.1. The van der Waals surface area contributed by atoms with Gasteiger partial charge < -0.3 is 19.9 Å². The maximum Gasteiger partial charge on any atom is 0.303 e. The second kappa shape index (κ2) is 11.7. The Hall–Kier alpha value is -3.02. The molecule has 0 saturated carbocycles. The lowest BCUT2D eigenvalue weighted by Crippen LogP contribution is -2.25. The number of carboxylic acids is 1. The van der Waals surface area contributed by atoms with Crippen LogP contribution in [0, 0.1) is 0 Å². The van der Waals surface area contributed by atoms with Gasteiger partial charge in [-0.1, -0.05) is 44.2 Å². The molecule has 6 heteroatoms. The molecule has 0 unspecified atom stereocenters. The molecule has 2 N–H and O–H groups in total. The first-order valence-electron chi connectivity index (χ1n) is 9.87. The van der Waals surface area contributed by atoms with Crippen molar-refractivity contribution in [3.8, 4) is 11.5 Å². The number of carboxylic acid groups (broad SMARTS) is 1. The number of rotatable bonds is 12. The zero-order valence-electron chi connectivity index (χ0n) is 17.0. The van der Waals surface area contributed by atoms with Gasteiger partial charge in [0, 0.05) is 13.0 Å². The lowest BCUT2D eigenvalue weighted by molar-refractivity contribution is -0.138. The van der Waals surface area contributed by atoms with Crippen LogP contribution in [0.3, 0.4) is 0 Å². The van der Waals surface area contributed by atoms with E-state index in [9.17, 15) is 9.59 Å². The Morgan fingerprint density at radius 3 is 2.34 bits per heavy atom. The molecule has 6 nitrogen and oxygen atoms in total. The van der Waals surface area contributed by atoms with Crippen molar-refractivity contribution in [3.63, 3.8) is 0 Å². The van der Waals surface area contributed by atoms with E-state index >= 15 is 0 Å². The Morgan fingerprint density at radius 1 is 0.966 bits per heavy atom. The smallest absolute Gasteiger partial charge is 0.303 e. The summed E-state index contributed by atoms with van der Waals surface area (Å²) in [6, 6.07) is 15.7. The molecular weight excluding hydrogens is 370 g/mol. The number of hydrogen-bond acceptors (Lipinski definition) is 4. The van der Waals surface area contributed by atoms with Crippen LogP contribution < -0.4 is 14.8 Å². The summed E-state index contributed by atoms with van der Waals surface area (Å²) in [5, 5.41) is 11.3. The third kappa shape index (κ3) is 8.25. The van der Waals surface area contributed by atoms with E-state index in [4.69, 9.17) is 14.6 Å². The van der Waals surface area contributed by atoms with Gasteiger partial charge in [0.1, 0.15) is 24.7 Å². The van der Waals surface area contributed by atoms with Crippen molar-refractivity contribution < 1.29 is 24.2 Å². The average molecular weight is 399 g/mol. The van der Waals surface area contributed by atoms with Crippen molar-refractivity contribution in [3.05, 3.63) is 59.7 Å². The van der Waals surface area contributed by atoms with Gasteiger partial charge in [0.15, 0.2) is 0 Å². The maximum atomic E-state index is 11.5. The second-order valence-corrected chi connectivity index (χ2v) is 7.03. The number of ether oxygens (including phenoxy) is 2. The molecule has 0 saturated heterocycles. The molecule has 2 aromatic rings. The van der Waals surface area contributed by atoms with E-state index in [0.29, 0.717) is 32.1 Å². The predicted octanol–water partition coefficient (Wildman–Crippen LogP) is 3.79. The molecule has 156 valence electrons. The minimum Gasteiger partial charge on any atom is -0.490 e. The summed E-state index contributed by atoms with van der Waals surface area (Å²) in [4.78, 5) is 21.9. The van der Waals surface area contributed by atoms with E-state index in [0.717, 1.165) is 17.1 Å². The number of aliphatic carboxylic acids is 1. The van der Waals surface area contributed by atoms with Gasteiger partial charge in [-0.3, -0.25) is 9.59 Å². The lowest BCUT2D eigenvalue weighted by atomic mass is 10.0. The van der Waals surface area contributed by atoms with Crippen LogP contribution in [0.4, 0.5) is 0 Å². The van der Waals surface area contributed by atoms with E-state index in [2.05, 4.69) is 25.2 Å². The van der Waals surface area contributed by atoms with E-state index in [1.807, 2.05) is 42.5 Å². The topological polar surface area (TPSA) is 84.9 Å². The van der Waals surface area contributed by atoms with Crippen LogP contribution in [0.2, 0.25) is 0 Å². The van der Waals surface area contributed by atoms with Gasteiger partial charge in [0.25, 0.3) is 0 Å². The molecule has 0 aliphatic rings. The fourth-order valence-corrected chi connectivity index (χ4v) is 2.81. The molecule has 0 spiro atoms. The first kappa shape index (κ1) is 22.3. The molecule has 29 heavy (non-hydrogen) atoms. The fraction of sp³-hybridized carbons (Fsp3) is 0.391. The summed E-state index contributed by atoms with van der Waals surface area (Å²) < 4.78 is 11.6. The average Bonchev–Trinajstić information content (AvgIpc) is 2.71. The lowest BCUT2D eigenvalue weighted by Gasteiger charge is -2.14. The summed E-state index contributed by atoms with van der Waals surface area (Å²) in [6.07, 6.45) is 0.532. The van der Waals surface area contributed by atoms with E-state index in [1.54, 1.807) is 0 Å². The molecule has 1 amide bonds. The molecular formula is C23H29NO5. The first-order chi connectivity index (χ1) is 14.0. The predicted molar refractivity (Wildman–Crippen MR) is 112 cm³/mol. The minimum atomic E-state index is -0.967. The Kier molecular flexibility index (Phi) is 9.02. The summed E-state index contributed by atoms with van der Waals surface area (Å²) in [5.74, 6) is 0.852. The third-order valence-corrected chi connectivity index (χ3v) is 4.38. The van der Waals surface area contributed by atoms with E-state index < -0.39 is 5.97 Å². The van der Waals surface area contributed by atoms with Gasteiger partial charge in [-0.25, -0.2) is 0 Å². The van der Waals surface area contributed by atoms with Crippen LogP contribution in [0.25, 0.3) is 0 Å². The number of benzene rings is 2. The molecule has 2 rings (SSSR count). The molecule has 0 radical (unpaired) electrons. The molecule has 0 aliphatic heterocycles. The van der Waals surface area contributed by atoms with Crippen molar-refractivity contribution in [1.29, 1.82) is 0 Å². The van der Waals surface area contributed by atoms with Gasteiger partial charge in [-0.2, -0.15) is 0 Å². The third-order valence-electron chi connectivity index (χ3n) is 4.38. The summed E-state index contributed by atoms with van der Waals surface area (Å²) in [5.41, 5.74) is 2.25. The molecule has 0 bridgehead atoms. The van der Waals surface area contributed by atoms with Crippen LogP contribution in [0.1, 0.15) is 43.7 Å². The van der Waals surface area contributed by atoms with Crippen LogP contribution in [0.15, 0.2) is 48.5 Å². The second-order valence-electron chi connectivity index (χ2n) is 7.03. The number of nitrogens with one attached hydrogen (secondary N) is 1. The van der Waals surface area contributed by atoms with Gasteiger partial charge in [-0.05, 0) is 41.7 Å². The molecule has 0 aromatic heterocycles. The highest BCUT2D eigenvalue weighted by atomic mass is 16.5. The van der Waals surface area contributed by atoms with Crippen molar-refractivity contribution in [2.75, 3.05) is 19.8 Å². The minimum absolute atomic E-state index is 0.00578. The largest absolute Gasteiger partial charge is 0.490 e. The molecule has 0 atom stereocenters. The quantitative estimate of drug-likeness (QED) is 0.531. The van der Waals surface area contributed by atoms with Gasteiger partial charge >= 0.3 is 5.97 Å². The van der Waals surface area contributed by atoms with E-state index in [1.165, 1.54) is 5.56 Å². The maximum absolute atomic E-state index is 11.5. The molecule has 0 fully saturated rings. The van der Waals surface area contributed by atoms with Crippen LogP contribution >= 0.6 is 0 Å². The highest BCUT2D eigenvalue weighted by molar-refractivity contribution is 5.80. The monoisotopic (exact) mass is 399 g/mol. The van der Waals surface area contributed by atoms with Crippen molar-refractivity contribution in [2.24, 2.45) is 0 Å². The Balaban J connectivity index is 1.68. The Labute approximate surface area is 171 Å². The number of carbonyl (C=O) groups is 2. The van der Waals surface area contributed by atoms with Gasteiger partial charge in [0.2, 0.25) is 5.91 Å². The number of hydrogen-bond donors (Lipinski definition) is 2. The zero-order valence-corrected chi connectivity index (χ0v) is 17.0. The van der Waals surface area contributed by atoms with E-state index in [-0.39, 0.29) is 18.7 Å². The highest BCUT2D eigenvalue weighted by Crippen LogP contribution is 2.25. The number of amides is 1. The van der Waals surface area contributed by atoms with Crippen LogP contribution in [-0.4, -0.2) is 36.7 Å². The normalized spacial score (nSPS) is 10.6. The first-order valence-corrected chi connectivity index (χ1v) is 9.87. The SMILES string of the molecule is CC(C)c1ccccc1OCCOc1ccc(CCNC(=O)CCC(=O)O)cc1. The number of carbonyl (C=O) groups excluding carboxylic acids is 1. The van der Waals surface area contributed by atoms with Gasteiger partial charge in [0.05, 0.1) is 6.42 Å². The van der Waals surface area contributed by atoms with Crippen molar-refractivity contribution in [2.45, 2.75) is 39.0 Å². The summed E-state index contributed by atoms with van der Waals surface area (Å²) >= 11 is 0. The molecule has 0 heterocycles. The summed E-state index contributed by atoms with van der Waals surface area (Å²) in [6.45, 7) is 5.67. The molecule has 0 aliphatic carbocycles. The molecule has 2 aromatic carbocycles. The van der Waals surface area contributed by atoms with Crippen LogP contribution in [0.5, 0.6) is 11.5 Å². The summed E-state index contributed by atoms with van der Waals surface area (Å²) in [7, 11) is 0. The highest BCUT2D eigenvalue weighted by Gasteiger charge is 2.07.